The van der Waals surface area contributed by atoms with Crippen molar-refractivity contribution < 1.29 is 24.2 Å². The van der Waals surface area contributed by atoms with Gasteiger partial charge in [0.1, 0.15) is 0 Å². The first-order chi connectivity index (χ1) is 13.0. The smallest absolute Gasteiger partial charge is 0.337 e. The largest absolute Gasteiger partial charge is 0.465 e. The van der Waals surface area contributed by atoms with Crippen LogP contribution in [0, 0.1) is 0 Å². The number of aliphatic hydroxyl groups is 1. The van der Waals surface area contributed by atoms with E-state index >= 15 is 0 Å². The van der Waals surface area contributed by atoms with Crippen LogP contribution < -0.4 is 10.6 Å². The number of aliphatic hydroxyl groups excluding tert-OH is 1. The highest BCUT2D eigenvalue weighted by atomic mass is 16.5. The maximum atomic E-state index is 12.2. The van der Waals surface area contributed by atoms with E-state index in [2.05, 4.69) is 15.4 Å². The molecule has 0 aliphatic heterocycles. The first kappa shape index (κ1) is 20.1. The van der Waals surface area contributed by atoms with Crippen LogP contribution in [0.15, 0.2) is 54.6 Å². The number of rotatable bonds is 7. The molecule has 2 aromatic rings. The highest BCUT2D eigenvalue weighted by Crippen LogP contribution is 2.19. The number of hydrogen-bond acceptors (Lipinski definition) is 5. The molecule has 1 atom stereocenters. The molecular weight excluding hydrogens is 348 g/mol. The molecule has 2 aromatic carbocycles. The number of carbonyl (C=O) groups excluding carboxylic acids is 3. The molecule has 0 bridgehead atoms. The quantitative estimate of drug-likeness (QED) is 0.649. The molecule has 3 N–H and O–H groups in total. The van der Waals surface area contributed by atoms with Crippen molar-refractivity contribution in [2.45, 2.75) is 18.9 Å². The highest BCUT2D eigenvalue weighted by molar-refractivity contribution is 6.04. The van der Waals surface area contributed by atoms with E-state index < -0.39 is 23.9 Å². The summed E-state index contributed by atoms with van der Waals surface area (Å²) < 4.78 is 4.66. The molecule has 142 valence electrons. The fourth-order valence-electron chi connectivity index (χ4n) is 2.55. The van der Waals surface area contributed by atoms with Gasteiger partial charge in [0.15, 0.2) is 0 Å². The minimum atomic E-state index is -0.635. The van der Waals surface area contributed by atoms with Crippen LogP contribution in [0.5, 0.6) is 0 Å². The van der Waals surface area contributed by atoms with Gasteiger partial charge in [0.05, 0.1) is 18.7 Å². The second kappa shape index (κ2) is 10.1. The monoisotopic (exact) mass is 370 g/mol. The lowest BCUT2D eigenvalue weighted by molar-refractivity contribution is 0.0600. The Balaban J connectivity index is 2.06. The molecule has 0 aliphatic rings. The lowest BCUT2D eigenvalue weighted by atomic mass is 10.0. The number of carbonyl (C=O) groups is 3. The average Bonchev–Trinajstić information content (AvgIpc) is 2.71. The van der Waals surface area contributed by atoms with Crippen LogP contribution in [0.25, 0.3) is 0 Å². The predicted octanol–water partition coefficient (Wildman–Crippen LogP) is 2.43. The molecule has 0 aliphatic carbocycles. The summed E-state index contributed by atoms with van der Waals surface area (Å²) in [5.74, 6) is -0.956. The van der Waals surface area contributed by atoms with Crippen LogP contribution in [-0.2, 0) is 4.74 Å². The number of amides is 3. The molecule has 7 heteroatoms. The summed E-state index contributed by atoms with van der Waals surface area (Å²) in [5, 5.41) is 14.1. The maximum Gasteiger partial charge on any atom is 0.337 e. The zero-order chi connectivity index (χ0) is 19.6. The first-order valence-electron chi connectivity index (χ1n) is 8.51. The van der Waals surface area contributed by atoms with Crippen molar-refractivity contribution in [1.82, 2.24) is 10.6 Å². The van der Waals surface area contributed by atoms with Crippen LogP contribution in [-0.4, -0.2) is 36.7 Å². The Kier molecular flexibility index (Phi) is 7.51. The van der Waals surface area contributed by atoms with Gasteiger partial charge >= 0.3 is 12.0 Å². The van der Waals surface area contributed by atoms with Gasteiger partial charge in [0, 0.05) is 12.2 Å². The van der Waals surface area contributed by atoms with Crippen LogP contribution in [0.3, 0.4) is 0 Å². The van der Waals surface area contributed by atoms with Gasteiger partial charge in [-0.1, -0.05) is 30.3 Å². The summed E-state index contributed by atoms with van der Waals surface area (Å²) >= 11 is 0. The predicted molar refractivity (Wildman–Crippen MR) is 99.3 cm³/mol. The number of benzene rings is 2. The van der Waals surface area contributed by atoms with Gasteiger partial charge < -0.3 is 15.2 Å². The van der Waals surface area contributed by atoms with Crippen molar-refractivity contribution in [3.05, 3.63) is 71.3 Å². The molecule has 0 aromatic heterocycles. The van der Waals surface area contributed by atoms with Crippen molar-refractivity contribution in [3.63, 3.8) is 0 Å². The Morgan fingerprint density at radius 3 is 2.26 bits per heavy atom. The molecular formula is C20H22N2O5. The van der Waals surface area contributed by atoms with Crippen LogP contribution >= 0.6 is 0 Å². The van der Waals surface area contributed by atoms with Crippen molar-refractivity contribution in [3.8, 4) is 0 Å². The average molecular weight is 370 g/mol. The van der Waals surface area contributed by atoms with Crippen LogP contribution in [0.4, 0.5) is 4.79 Å². The zero-order valence-corrected chi connectivity index (χ0v) is 15.0. The van der Waals surface area contributed by atoms with Crippen LogP contribution in [0.1, 0.15) is 45.2 Å². The van der Waals surface area contributed by atoms with Gasteiger partial charge in [0.25, 0.3) is 5.91 Å². The topological polar surface area (TPSA) is 105 Å². The Morgan fingerprint density at radius 2 is 1.67 bits per heavy atom. The van der Waals surface area contributed by atoms with Crippen molar-refractivity contribution in [1.29, 1.82) is 0 Å². The molecule has 0 saturated heterocycles. The van der Waals surface area contributed by atoms with Gasteiger partial charge in [-0.05, 0) is 42.7 Å². The third kappa shape index (κ3) is 5.93. The maximum absolute atomic E-state index is 12.2. The third-order valence-corrected chi connectivity index (χ3v) is 3.95. The number of urea groups is 1. The molecule has 2 rings (SSSR count). The number of methoxy groups -OCH3 is 1. The minimum absolute atomic E-state index is 0.0248. The minimum Gasteiger partial charge on any atom is -0.465 e. The molecule has 0 saturated carbocycles. The molecule has 27 heavy (non-hydrogen) atoms. The first-order valence-corrected chi connectivity index (χ1v) is 8.51. The number of ether oxygens (including phenoxy) is 1. The Bertz CT molecular complexity index is 775. The zero-order valence-electron chi connectivity index (χ0n) is 15.0. The van der Waals surface area contributed by atoms with Gasteiger partial charge in [0.2, 0.25) is 0 Å². The molecule has 0 spiro atoms. The van der Waals surface area contributed by atoms with Crippen molar-refractivity contribution in [2.24, 2.45) is 0 Å². The van der Waals surface area contributed by atoms with Gasteiger partial charge in [-0.2, -0.15) is 0 Å². The van der Waals surface area contributed by atoms with E-state index in [-0.39, 0.29) is 6.61 Å². The van der Waals surface area contributed by atoms with Crippen molar-refractivity contribution >= 4 is 17.9 Å². The summed E-state index contributed by atoms with van der Waals surface area (Å²) in [6.07, 6.45) is 0.942. The van der Waals surface area contributed by atoms with E-state index in [1.54, 1.807) is 54.6 Å². The van der Waals surface area contributed by atoms with E-state index in [1.165, 1.54) is 7.11 Å². The number of hydrogen-bond donors (Lipinski definition) is 3. The molecule has 0 fully saturated rings. The molecule has 0 heterocycles. The van der Waals surface area contributed by atoms with E-state index in [0.717, 1.165) is 5.56 Å². The Labute approximate surface area is 157 Å². The normalized spacial score (nSPS) is 11.3. The molecule has 7 nitrogen and oxygen atoms in total. The van der Waals surface area contributed by atoms with E-state index in [4.69, 9.17) is 5.11 Å². The third-order valence-electron chi connectivity index (χ3n) is 3.95. The standard InChI is InChI=1S/C20H22N2O5/c1-27-19(25)16-11-9-14(10-12-16)17(8-5-13-23)21-20(26)22-18(24)15-6-3-2-4-7-15/h2-4,6-7,9-12,17,23H,5,8,13H2,1H3,(H2,21,22,24,26). The summed E-state index contributed by atoms with van der Waals surface area (Å²) in [7, 11) is 1.30. The second-order valence-corrected chi connectivity index (χ2v) is 5.83. The summed E-state index contributed by atoms with van der Waals surface area (Å²) in [6, 6.07) is 14.0. The molecule has 3 amide bonds. The molecule has 1 unspecified atom stereocenters. The van der Waals surface area contributed by atoms with Crippen LogP contribution in [0.2, 0.25) is 0 Å². The van der Waals surface area contributed by atoms with E-state index in [9.17, 15) is 14.4 Å². The number of imide groups is 1. The van der Waals surface area contributed by atoms with Gasteiger partial charge in [-0.25, -0.2) is 9.59 Å². The molecule has 0 radical (unpaired) electrons. The van der Waals surface area contributed by atoms with Gasteiger partial charge in [-0.3, -0.25) is 10.1 Å². The Hall–Kier alpha value is -3.19. The SMILES string of the molecule is COC(=O)c1ccc(C(CCCO)NC(=O)NC(=O)c2ccccc2)cc1. The Morgan fingerprint density at radius 1 is 1.00 bits per heavy atom. The lowest BCUT2D eigenvalue weighted by Crippen LogP contribution is -2.41. The summed E-state index contributed by atoms with van der Waals surface area (Å²) in [4.78, 5) is 35.8. The fraction of sp³-hybridized carbons (Fsp3) is 0.250. The summed E-state index contributed by atoms with van der Waals surface area (Å²) in [5.41, 5.74) is 1.52. The number of esters is 1. The summed E-state index contributed by atoms with van der Waals surface area (Å²) in [6.45, 7) is -0.0248. The van der Waals surface area contributed by atoms with Gasteiger partial charge in [-0.15, -0.1) is 0 Å². The second-order valence-electron chi connectivity index (χ2n) is 5.83. The van der Waals surface area contributed by atoms with Crippen molar-refractivity contribution in [2.75, 3.05) is 13.7 Å². The lowest BCUT2D eigenvalue weighted by Gasteiger charge is -2.19. The van der Waals surface area contributed by atoms with E-state index in [1.807, 2.05) is 0 Å². The number of nitrogens with one attached hydrogen (secondary N) is 2. The highest BCUT2D eigenvalue weighted by Gasteiger charge is 2.17. The fourth-order valence-corrected chi connectivity index (χ4v) is 2.55. The van der Waals surface area contributed by atoms with E-state index in [0.29, 0.717) is 24.0 Å².